The first kappa shape index (κ1) is 11.4. The molecule has 1 aromatic rings. The molecule has 7 heteroatoms. The van der Waals surface area contributed by atoms with Crippen LogP contribution in [-0.2, 0) is 11.3 Å². The predicted octanol–water partition coefficient (Wildman–Crippen LogP) is 0.433. The minimum atomic E-state index is -1.01. The Morgan fingerprint density at radius 3 is 2.88 bits per heavy atom. The molecular formula is C10H13N3O4. The number of hydrogen-bond donors (Lipinski definition) is 2. The average Bonchev–Trinajstić information content (AvgIpc) is 2.99. The average molecular weight is 239 g/mol. The lowest BCUT2D eigenvalue weighted by Crippen LogP contribution is -2.43. The molecule has 1 heterocycles. The van der Waals surface area contributed by atoms with Gasteiger partial charge in [-0.1, -0.05) is 5.16 Å². The van der Waals surface area contributed by atoms with Gasteiger partial charge in [-0.3, -0.25) is 4.79 Å². The molecule has 0 saturated heterocycles. The predicted molar refractivity (Wildman–Crippen MR) is 56.1 cm³/mol. The Balaban J connectivity index is 1.85. The van der Waals surface area contributed by atoms with Gasteiger partial charge in [-0.25, -0.2) is 4.79 Å². The maximum absolute atomic E-state index is 11.7. The fraction of sp³-hybridized carbons (Fsp3) is 0.500. The minimum Gasteiger partial charge on any atom is -0.480 e. The van der Waals surface area contributed by atoms with Crippen molar-refractivity contribution in [2.24, 2.45) is 0 Å². The van der Waals surface area contributed by atoms with Crippen LogP contribution in [-0.4, -0.2) is 39.8 Å². The SMILES string of the molecule is O=C(O)CN(C(=O)NCc1ccno1)C1CC1. The second-order valence-electron chi connectivity index (χ2n) is 3.89. The second kappa shape index (κ2) is 4.86. The Labute approximate surface area is 97.4 Å². The fourth-order valence-corrected chi connectivity index (χ4v) is 1.50. The number of carbonyl (C=O) groups excluding carboxylic acids is 1. The molecule has 2 rings (SSSR count). The fourth-order valence-electron chi connectivity index (χ4n) is 1.50. The molecule has 0 radical (unpaired) electrons. The summed E-state index contributed by atoms with van der Waals surface area (Å²) in [6.07, 6.45) is 3.21. The summed E-state index contributed by atoms with van der Waals surface area (Å²) in [5.74, 6) is -0.476. The van der Waals surface area contributed by atoms with E-state index in [1.807, 2.05) is 0 Å². The normalized spacial score (nSPS) is 14.4. The van der Waals surface area contributed by atoms with E-state index >= 15 is 0 Å². The van der Waals surface area contributed by atoms with E-state index < -0.39 is 5.97 Å². The van der Waals surface area contributed by atoms with Crippen LogP contribution >= 0.6 is 0 Å². The highest BCUT2D eigenvalue weighted by Gasteiger charge is 2.33. The summed E-state index contributed by atoms with van der Waals surface area (Å²) in [5, 5.41) is 14.8. The molecule has 1 aliphatic rings. The van der Waals surface area contributed by atoms with E-state index in [0.29, 0.717) is 5.76 Å². The summed E-state index contributed by atoms with van der Waals surface area (Å²) in [5.41, 5.74) is 0. The van der Waals surface area contributed by atoms with Crippen LogP contribution in [0.4, 0.5) is 4.79 Å². The van der Waals surface area contributed by atoms with Gasteiger partial charge in [0.25, 0.3) is 0 Å². The zero-order valence-electron chi connectivity index (χ0n) is 9.13. The first-order valence-corrected chi connectivity index (χ1v) is 5.32. The molecule has 17 heavy (non-hydrogen) atoms. The number of amides is 2. The molecule has 1 aromatic heterocycles. The van der Waals surface area contributed by atoms with Gasteiger partial charge >= 0.3 is 12.0 Å². The molecule has 0 unspecified atom stereocenters. The molecule has 92 valence electrons. The summed E-state index contributed by atoms with van der Waals surface area (Å²) in [6, 6.07) is 1.31. The zero-order chi connectivity index (χ0) is 12.3. The van der Waals surface area contributed by atoms with Crippen molar-refractivity contribution in [3.63, 3.8) is 0 Å². The molecule has 0 atom stereocenters. The summed E-state index contributed by atoms with van der Waals surface area (Å²) in [7, 11) is 0. The molecule has 2 N–H and O–H groups in total. The van der Waals surface area contributed by atoms with Crippen LogP contribution in [0, 0.1) is 0 Å². The zero-order valence-corrected chi connectivity index (χ0v) is 9.13. The molecule has 1 fully saturated rings. The quantitative estimate of drug-likeness (QED) is 0.777. The molecule has 1 aliphatic carbocycles. The number of hydrogen-bond acceptors (Lipinski definition) is 4. The van der Waals surface area contributed by atoms with Crippen LogP contribution in [0.2, 0.25) is 0 Å². The Morgan fingerprint density at radius 2 is 2.35 bits per heavy atom. The second-order valence-corrected chi connectivity index (χ2v) is 3.89. The van der Waals surface area contributed by atoms with Crippen molar-refractivity contribution in [2.45, 2.75) is 25.4 Å². The first-order chi connectivity index (χ1) is 8.16. The number of carboxylic acids is 1. The van der Waals surface area contributed by atoms with Crippen molar-refractivity contribution in [3.8, 4) is 0 Å². The van der Waals surface area contributed by atoms with Gasteiger partial charge in [0.05, 0.1) is 12.7 Å². The lowest BCUT2D eigenvalue weighted by molar-refractivity contribution is -0.137. The summed E-state index contributed by atoms with van der Waals surface area (Å²) >= 11 is 0. The van der Waals surface area contributed by atoms with Crippen molar-refractivity contribution in [3.05, 3.63) is 18.0 Å². The molecule has 1 saturated carbocycles. The van der Waals surface area contributed by atoms with Crippen molar-refractivity contribution in [1.29, 1.82) is 0 Å². The number of carboxylic acid groups (broad SMARTS) is 1. The maximum Gasteiger partial charge on any atom is 0.323 e. The Morgan fingerprint density at radius 1 is 1.59 bits per heavy atom. The third-order valence-electron chi connectivity index (χ3n) is 2.46. The Bertz CT molecular complexity index is 400. The number of carbonyl (C=O) groups is 2. The first-order valence-electron chi connectivity index (χ1n) is 5.32. The summed E-state index contributed by atoms with van der Waals surface area (Å²) in [6.45, 7) is -0.0609. The van der Waals surface area contributed by atoms with E-state index in [4.69, 9.17) is 9.63 Å². The van der Waals surface area contributed by atoms with E-state index in [9.17, 15) is 9.59 Å². The molecule has 7 nitrogen and oxygen atoms in total. The van der Waals surface area contributed by atoms with E-state index in [1.54, 1.807) is 6.07 Å². The maximum atomic E-state index is 11.7. The van der Waals surface area contributed by atoms with Gasteiger partial charge in [0.2, 0.25) is 0 Å². The van der Waals surface area contributed by atoms with Gasteiger partial charge in [-0.2, -0.15) is 0 Å². The minimum absolute atomic E-state index is 0.0563. The van der Waals surface area contributed by atoms with Gasteiger partial charge in [0.15, 0.2) is 5.76 Å². The van der Waals surface area contributed by atoms with Gasteiger partial charge in [-0.15, -0.1) is 0 Å². The number of aliphatic carboxylic acids is 1. The number of aromatic nitrogens is 1. The third kappa shape index (κ3) is 3.20. The number of rotatable bonds is 5. The highest BCUT2D eigenvalue weighted by Crippen LogP contribution is 2.26. The Hall–Kier alpha value is -2.05. The molecule has 0 aromatic carbocycles. The van der Waals surface area contributed by atoms with Crippen molar-refractivity contribution in [2.75, 3.05) is 6.54 Å². The molecule has 2 amide bonds. The topological polar surface area (TPSA) is 95.7 Å². The number of urea groups is 1. The molecule has 0 spiro atoms. The smallest absolute Gasteiger partial charge is 0.323 e. The lowest BCUT2D eigenvalue weighted by atomic mass is 10.4. The van der Waals surface area contributed by atoms with Crippen LogP contribution in [0.3, 0.4) is 0 Å². The monoisotopic (exact) mass is 239 g/mol. The van der Waals surface area contributed by atoms with E-state index in [0.717, 1.165) is 12.8 Å². The third-order valence-corrected chi connectivity index (χ3v) is 2.46. The number of nitrogens with zero attached hydrogens (tertiary/aromatic N) is 2. The van der Waals surface area contributed by atoms with E-state index in [-0.39, 0.29) is 25.2 Å². The summed E-state index contributed by atoms with van der Waals surface area (Å²) < 4.78 is 4.82. The van der Waals surface area contributed by atoms with Crippen LogP contribution < -0.4 is 5.32 Å². The molecular weight excluding hydrogens is 226 g/mol. The number of nitrogens with one attached hydrogen (secondary N) is 1. The van der Waals surface area contributed by atoms with Crippen molar-refractivity contribution < 1.29 is 19.2 Å². The lowest BCUT2D eigenvalue weighted by Gasteiger charge is -2.20. The van der Waals surface area contributed by atoms with E-state index in [1.165, 1.54) is 11.1 Å². The highest BCUT2D eigenvalue weighted by atomic mass is 16.5. The standard InChI is InChI=1S/C10H13N3O4/c14-9(15)6-13(7-1-2-7)10(16)11-5-8-3-4-12-17-8/h3-4,7H,1-2,5-6H2,(H,11,16)(H,14,15). The highest BCUT2D eigenvalue weighted by molar-refractivity contribution is 5.80. The van der Waals surface area contributed by atoms with Gasteiger partial charge in [-0.05, 0) is 12.8 Å². The van der Waals surface area contributed by atoms with Crippen molar-refractivity contribution >= 4 is 12.0 Å². The van der Waals surface area contributed by atoms with Crippen LogP contribution in [0.15, 0.2) is 16.8 Å². The molecule has 0 bridgehead atoms. The van der Waals surface area contributed by atoms with Gasteiger partial charge < -0.3 is 19.8 Å². The van der Waals surface area contributed by atoms with E-state index in [2.05, 4.69) is 10.5 Å². The van der Waals surface area contributed by atoms with Gasteiger partial charge in [0.1, 0.15) is 6.54 Å². The van der Waals surface area contributed by atoms with Crippen LogP contribution in [0.1, 0.15) is 18.6 Å². The molecule has 0 aliphatic heterocycles. The largest absolute Gasteiger partial charge is 0.480 e. The summed E-state index contributed by atoms with van der Waals surface area (Å²) in [4.78, 5) is 23.7. The van der Waals surface area contributed by atoms with Crippen molar-refractivity contribution in [1.82, 2.24) is 15.4 Å². The van der Waals surface area contributed by atoms with Crippen LogP contribution in [0.5, 0.6) is 0 Å². The van der Waals surface area contributed by atoms with Crippen LogP contribution in [0.25, 0.3) is 0 Å². The Kier molecular flexibility index (Phi) is 3.27. The van der Waals surface area contributed by atoms with Gasteiger partial charge in [0, 0.05) is 12.1 Å².